The summed E-state index contributed by atoms with van der Waals surface area (Å²) in [6.07, 6.45) is 1.75. The minimum Gasteiger partial charge on any atom is -0.494 e. The Bertz CT molecular complexity index is 543. The van der Waals surface area contributed by atoms with E-state index in [4.69, 9.17) is 10.5 Å². The van der Waals surface area contributed by atoms with E-state index in [0.717, 1.165) is 27.3 Å². The molecule has 0 radical (unpaired) electrons. The molecular formula is C14H16BrN3O. The second kappa shape index (κ2) is 6.54. The smallest absolute Gasteiger partial charge is 0.130 e. The lowest BCUT2D eigenvalue weighted by molar-refractivity contribution is 0.336. The maximum Gasteiger partial charge on any atom is 0.130 e. The lowest BCUT2D eigenvalue weighted by atomic mass is 10.1. The van der Waals surface area contributed by atoms with Crippen molar-refractivity contribution in [3.05, 3.63) is 46.6 Å². The van der Waals surface area contributed by atoms with Crippen LogP contribution in [0.3, 0.4) is 0 Å². The van der Waals surface area contributed by atoms with Crippen molar-refractivity contribution in [2.45, 2.75) is 13.5 Å². The van der Waals surface area contributed by atoms with E-state index in [9.17, 15) is 0 Å². The summed E-state index contributed by atoms with van der Waals surface area (Å²) in [6.45, 7) is 3.03. The van der Waals surface area contributed by atoms with Crippen LogP contribution >= 0.6 is 15.9 Å². The molecule has 3 N–H and O–H groups in total. The van der Waals surface area contributed by atoms with Crippen molar-refractivity contribution in [1.29, 1.82) is 0 Å². The van der Waals surface area contributed by atoms with Crippen LogP contribution < -0.4 is 15.8 Å². The fraction of sp³-hybridized carbons (Fsp3) is 0.214. The summed E-state index contributed by atoms with van der Waals surface area (Å²) in [6, 6.07) is 9.70. The van der Waals surface area contributed by atoms with Crippen LogP contribution in [-0.4, -0.2) is 11.6 Å². The Morgan fingerprint density at radius 3 is 2.79 bits per heavy atom. The van der Waals surface area contributed by atoms with Crippen molar-refractivity contribution in [2.24, 2.45) is 5.73 Å². The van der Waals surface area contributed by atoms with Gasteiger partial charge < -0.3 is 15.8 Å². The summed E-state index contributed by atoms with van der Waals surface area (Å²) in [5.41, 5.74) is 7.65. The van der Waals surface area contributed by atoms with Crippen LogP contribution in [0.15, 0.2) is 41.0 Å². The second-order valence-electron chi connectivity index (χ2n) is 3.95. The number of rotatable bonds is 5. The first kappa shape index (κ1) is 13.8. The molecule has 19 heavy (non-hydrogen) atoms. The zero-order valence-corrected chi connectivity index (χ0v) is 12.3. The van der Waals surface area contributed by atoms with E-state index >= 15 is 0 Å². The van der Waals surface area contributed by atoms with Crippen molar-refractivity contribution >= 4 is 27.4 Å². The van der Waals surface area contributed by atoms with Gasteiger partial charge in [0.1, 0.15) is 11.6 Å². The van der Waals surface area contributed by atoms with Gasteiger partial charge in [0.2, 0.25) is 0 Å². The lowest BCUT2D eigenvalue weighted by Crippen LogP contribution is -2.03. The molecule has 0 bridgehead atoms. The third kappa shape index (κ3) is 3.68. The van der Waals surface area contributed by atoms with Crippen LogP contribution in [-0.2, 0) is 6.54 Å². The molecule has 0 amide bonds. The fourth-order valence-corrected chi connectivity index (χ4v) is 1.95. The number of hydrogen-bond acceptors (Lipinski definition) is 4. The first-order valence-electron chi connectivity index (χ1n) is 6.07. The van der Waals surface area contributed by atoms with E-state index in [2.05, 4.69) is 26.2 Å². The van der Waals surface area contributed by atoms with E-state index < -0.39 is 0 Å². The lowest BCUT2D eigenvalue weighted by Gasteiger charge is -2.12. The predicted octanol–water partition coefficient (Wildman–Crippen LogP) is 3.45. The van der Waals surface area contributed by atoms with Crippen molar-refractivity contribution in [2.75, 3.05) is 11.9 Å². The van der Waals surface area contributed by atoms with Gasteiger partial charge in [0.15, 0.2) is 0 Å². The van der Waals surface area contributed by atoms with Crippen molar-refractivity contribution < 1.29 is 4.74 Å². The molecule has 1 aromatic carbocycles. The normalized spacial score (nSPS) is 10.3. The fourth-order valence-electron chi connectivity index (χ4n) is 1.71. The van der Waals surface area contributed by atoms with Gasteiger partial charge in [0.05, 0.1) is 6.61 Å². The number of anilines is 2. The van der Waals surface area contributed by atoms with Crippen LogP contribution in [0, 0.1) is 0 Å². The molecule has 0 spiro atoms. The topological polar surface area (TPSA) is 60.2 Å². The van der Waals surface area contributed by atoms with Crippen LogP contribution in [0.2, 0.25) is 0 Å². The highest BCUT2D eigenvalue weighted by atomic mass is 79.9. The first-order valence-corrected chi connectivity index (χ1v) is 6.86. The minimum atomic E-state index is 0.443. The highest BCUT2D eigenvalue weighted by Gasteiger charge is 2.04. The molecule has 0 unspecified atom stereocenters. The number of aromatic nitrogens is 1. The second-order valence-corrected chi connectivity index (χ2v) is 4.86. The molecule has 0 aliphatic rings. The Labute approximate surface area is 121 Å². The minimum absolute atomic E-state index is 0.443. The van der Waals surface area contributed by atoms with E-state index in [1.807, 2.05) is 37.3 Å². The number of nitrogens with one attached hydrogen (secondary N) is 1. The molecular weight excluding hydrogens is 306 g/mol. The molecule has 100 valence electrons. The molecule has 4 nitrogen and oxygen atoms in total. The van der Waals surface area contributed by atoms with Crippen molar-refractivity contribution in [3.8, 4) is 5.75 Å². The quantitative estimate of drug-likeness (QED) is 0.885. The Morgan fingerprint density at radius 2 is 2.16 bits per heavy atom. The highest BCUT2D eigenvalue weighted by Crippen LogP contribution is 2.24. The molecule has 0 atom stereocenters. The molecule has 5 heteroatoms. The average Bonchev–Trinajstić information content (AvgIpc) is 2.43. The molecule has 2 aromatic rings. The number of benzene rings is 1. The number of hydrogen-bond donors (Lipinski definition) is 2. The van der Waals surface area contributed by atoms with E-state index in [1.54, 1.807) is 6.20 Å². The standard InChI is InChI=1S/C14H16BrN3O/c1-2-19-13-5-4-12(7-10(13)8-16)18-14-6-3-11(15)9-17-14/h3-7,9H,2,8,16H2,1H3,(H,17,18). The Kier molecular flexibility index (Phi) is 4.76. The zero-order chi connectivity index (χ0) is 13.7. The largest absolute Gasteiger partial charge is 0.494 e. The van der Waals surface area contributed by atoms with Crippen LogP contribution in [0.25, 0.3) is 0 Å². The maximum atomic E-state index is 5.73. The Morgan fingerprint density at radius 1 is 1.32 bits per heavy atom. The van der Waals surface area contributed by atoms with E-state index in [1.165, 1.54) is 0 Å². The molecule has 1 heterocycles. The number of nitrogens with two attached hydrogens (primary N) is 1. The van der Waals surface area contributed by atoms with E-state index in [0.29, 0.717) is 13.2 Å². The van der Waals surface area contributed by atoms with Gasteiger partial charge in [0.25, 0.3) is 0 Å². The summed E-state index contributed by atoms with van der Waals surface area (Å²) >= 11 is 3.36. The predicted molar refractivity (Wildman–Crippen MR) is 80.7 cm³/mol. The van der Waals surface area contributed by atoms with Crippen molar-refractivity contribution in [3.63, 3.8) is 0 Å². The van der Waals surface area contributed by atoms with Gasteiger partial charge in [0, 0.05) is 28.5 Å². The molecule has 0 saturated heterocycles. The van der Waals surface area contributed by atoms with Crippen molar-refractivity contribution in [1.82, 2.24) is 4.98 Å². The summed E-state index contributed by atoms with van der Waals surface area (Å²) in [5, 5.41) is 3.23. The summed E-state index contributed by atoms with van der Waals surface area (Å²) < 4.78 is 6.47. The number of nitrogens with zero attached hydrogens (tertiary/aromatic N) is 1. The van der Waals surface area contributed by atoms with E-state index in [-0.39, 0.29) is 0 Å². The third-order valence-corrected chi connectivity index (χ3v) is 3.05. The van der Waals surface area contributed by atoms with Gasteiger partial charge in [-0.1, -0.05) is 0 Å². The first-order chi connectivity index (χ1) is 9.22. The monoisotopic (exact) mass is 321 g/mol. The zero-order valence-electron chi connectivity index (χ0n) is 10.7. The third-order valence-electron chi connectivity index (χ3n) is 2.58. The van der Waals surface area contributed by atoms with Gasteiger partial charge in [-0.15, -0.1) is 0 Å². The summed E-state index contributed by atoms with van der Waals surface area (Å²) in [4.78, 5) is 4.27. The van der Waals surface area contributed by atoms with Crippen LogP contribution in [0.1, 0.15) is 12.5 Å². The van der Waals surface area contributed by atoms with Crippen LogP contribution in [0.4, 0.5) is 11.5 Å². The summed E-state index contributed by atoms with van der Waals surface area (Å²) in [5.74, 6) is 1.62. The summed E-state index contributed by atoms with van der Waals surface area (Å²) in [7, 11) is 0. The number of ether oxygens (including phenoxy) is 1. The molecule has 0 saturated carbocycles. The van der Waals surface area contributed by atoms with Gasteiger partial charge in [-0.3, -0.25) is 0 Å². The molecule has 0 aliphatic carbocycles. The average molecular weight is 322 g/mol. The van der Waals surface area contributed by atoms with Gasteiger partial charge in [-0.2, -0.15) is 0 Å². The molecule has 2 rings (SSSR count). The molecule has 0 fully saturated rings. The number of halogens is 1. The highest BCUT2D eigenvalue weighted by molar-refractivity contribution is 9.10. The Balaban J connectivity index is 2.18. The van der Waals surface area contributed by atoms with Gasteiger partial charge >= 0.3 is 0 Å². The number of pyridine rings is 1. The van der Waals surface area contributed by atoms with Crippen LogP contribution in [0.5, 0.6) is 5.75 Å². The Hall–Kier alpha value is -1.59. The molecule has 1 aromatic heterocycles. The van der Waals surface area contributed by atoms with Gasteiger partial charge in [-0.05, 0) is 53.2 Å². The van der Waals surface area contributed by atoms with Gasteiger partial charge in [-0.25, -0.2) is 4.98 Å². The SMILES string of the molecule is CCOc1ccc(Nc2ccc(Br)cn2)cc1CN. The molecule has 0 aliphatic heterocycles. The maximum absolute atomic E-state index is 5.73.